The van der Waals surface area contributed by atoms with E-state index in [1.54, 1.807) is 17.0 Å². The Morgan fingerprint density at radius 1 is 1.32 bits per heavy atom. The van der Waals surface area contributed by atoms with Gasteiger partial charge in [-0.1, -0.05) is 25.1 Å². The van der Waals surface area contributed by atoms with Crippen molar-refractivity contribution >= 4 is 28.4 Å². The fourth-order valence-electron chi connectivity index (χ4n) is 6.51. The molecule has 2 saturated carbocycles. The van der Waals surface area contributed by atoms with Crippen LogP contribution < -0.4 is 16.2 Å². The fourth-order valence-corrected chi connectivity index (χ4v) is 6.51. The Morgan fingerprint density at radius 3 is 3.05 bits per heavy atom. The molecule has 0 radical (unpaired) electrons. The molecule has 2 unspecified atom stereocenters. The van der Waals surface area contributed by atoms with Crippen LogP contribution in [-0.2, 0) is 18.5 Å². The SMILES string of the molecule is C=CCn1c(=O)c2cnc(Nc3ccc4c(c3)CNCC43CC3)nc2n1C1CC=C2CCCC(C)C2=N1. The second kappa shape index (κ2) is 8.52. The summed E-state index contributed by atoms with van der Waals surface area (Å²) in [4.78, 5) is 27.9. The van der Waals surface area contributed by atoms with Gasteiger partial charge in [-0.2, -0.15) is 4.98 Å². The number of fused-ring (bicyclic) bond motifs is 4. The molecule has 2 aliphatic carbocycles. The fraction of sp³-hybridized carbons (Fsp3) is 0.448. The summed E-state index contributed by atoms with van der Waals surface area (Å²) in [5.74, 6) is 0.914. The second-order valence-electron chi connectivity index (χ2n) is 11.1. The minimum atomic E-state index is -0.211. The highest BCUT2D eigenvalue weighted by molar-refractivity contribution is 6.02. The molecule has 2 aliphatic heterocycles. The second-order valence-corrected chi connectivity index (χ2v) is 11.1. The Balaban J connectivity index is 1.27. The molecule has 1 aromatic carbocycles. The van der Waals surface area contributed by atoms with E-state index in [1.165, 1.54) is 41.7 Å². The van der Waals surface area contributed by atoms with E-state index in [4.69, 9.17) is 9.98 Å². The van der Waals surface area contributed by atoms with Crippen LogP contribution in [0.2, 0.25) is 0 Å². The first-order valence-electron chi connectivity index (χ1n) is 13.5. The lowest BCUT2D eigenvalue weighted by Crippen LogP contribution is -2.33. The van der Waals surface area contributed by atoms with Gasteiger partial charge >= 0.3 is 0 Å². The number of hydrogen-bond acceptors (Lipinski definition) is 6. The third kappa shape index (κ3) is 3.69. The van der Waals surface area contributed by atoms with Gasteiger partial charge in [0.15, 0.2) is 5.65 Å². The van der Waals surface area contributed by atoms with Crippen molar-refractivity contribution in [3.8, 4) is 0 Å². The van der Waals surface area contributed by atoms with Crippen molar-refractivity contribution < 1.29 is 0 Å². The van der Waals surface area contributed by atoms with Crippen LogP contribution in [0.15, 0.2) is 58.5 Å². The number of anilines is 2. The Morgan fingerprint density at radius 2 is 2.22 bits per heavy atom. The standard InChI is InChI=1S/C29H33N7O/c1-3-13-35-27(37)22-16-31-28(32-21-8-9-23-20(14-21)15-30-17-29(23)11-12-29)34-26(22)36(35)24-10-7-19-6-4-5-18(2)25(19)33-24/h3,7-9,14,16,18,24,30H,1,4-6,10-13,15,17H2,2H3,(H,31,32,34). The van der Waals surface area contributed by atoms with Gasteiger partial charge in [0.25, 0.3) is 5.56 Å². The third-order valence-electron chi connectivity index (χ3n) is 8.60. The lowest BCUT2D eigenvalue weighted by Gasteiger charge is -2.30. The van der Waals surface area contributed by atoms with E-state index >= 15 is 0 Å². The molecule has 4 heterocycles. The third-order valence-corrected chi connectivity index (χ3v) is 8.60. The van der Waals surface area contributed by atoms with Gasteiger partial charge in [0.1, 0.15) is 11.6 Å². The maximum Gasteiger partial charge on any atom is 0.278 e. The lowest BCUT2D eigenvalue weighted by atomic mass is 9.83. The molecule has 8 heteroatoms. The number of hydrogen-bond donors (Lipinski definition) is 2. The summed E-state index contributed by atoms with van der Waals surface area (Å²) in [6.07, 6.45) is 12.2. The summed E-state index contributed by atoms with van der Waals surface area (Å²) < 4.78 is 3.66. The monoisotopic (exact) mass is 495 g/mol. The van der Waals surface area contributed by atoms with Crippen molar-refractivity contribution in [2.45, 2.75) is 70.1 Å². The molecule has 190 valence electrons. The normalized spacial score (nSPS) is 23.7. The number of benzene rings is 1. The van der Waals surface area contributed by atoms with Crippen LogP contribution in [0.4, 0.5) is 11.6 Å². The lowest BCUT2D eigenvalue weighted by molar-refractivity contribution is 0.394. The highest BCUT2D eigenvalue weighted by Crippen LogP contribution is 2.50. The van der Waals surface area contributed by atoms with Gasteiger partial charge in [0, 0.05) is 42.5 Å². The van der Waals surface area contributed by atoms with Crippen molar-refractivity contribution in [3.05, 3.63) is 70.2 Å². The number of nitrogens with zero attached hydrogens (tertiary/aromatic N) is 5. The molecule has 2 N–H and O–H groups in total. The minimum absolute atomic E-state index is 0.109. The van der Waals surface area contributed by atoms with Crippen LogP contribution in [0.1, 0.15) is 62.7 Å². The zero-order valence-electron chi connectivity index (χ0n) is 21.3. The average Bonchev–Trinajstić information content (AvgIpc) is 3.62. The first-order valence-corrected chi connectivity index (χ1v) is 13.5. The molecule has 7 rings (SSSR count). The number of allylic oxidation sites excluding steroid dienone is 2. The Bertz CT molecular complexity index is 1540. The van der Waals surface area contributed by atoms with E-state index in [0.29, 0.717) is 34.9 Å². The number of rotatable bonds is 5. The van der Waals surface area contributed by atoms with Gasteiger partial charge < -0.3 is 10.6 Å². The van der Waals surface area contributed by atoms with E-state index in [1.807, 2.05) is 4.68 Å². The molecule has 2 aromatic heterocycles. The van der Waals surface area contributed by atoms with Crippen molar-refractivity contribution in [2.75, 3.05) is 11.9 Å². The molecule has 0 saturated heterocycles. The van der Waals surface area contributed by atoms with Gasteiger partial charge in [-0.3, -0.25) is 9.79 Å². The number of aliphatic imine (C=N–C) groups is 1. The molecule has 3 aromatic rings. The van der Waals surface area contributed by atoms with Crippen LogP contribution in [-0.4, -0.2) is 31.6 Å². The molecule has 2 fully saturated rings. The molecule has 37 heavy (non-hydrogen) atoms. The van der Waals surface area contributed by atoms with Gasteiger partial charge in [-0.15, -0.1) is 6.58 Å². The molecule has 0 bridgehead atoms. The predicted molar refractivity (Wildman–Crippen MR) is 147 cm³/mol. The van der Waals surface area contributed by atoms with Crippen molar-refractivity contribution in [2.24, 2.45) is 10.9 Å². The molecular formula is C29H33N7O. The summed E-state index contributed by atoms with van der Waals surface area (Å²) in [6, 6.07) is 6.58. The van der Waals surface area contributed by atoms with Gasteiger partial charge in [0.2, 0.25) is 5.95 Å². The van der Waals surface area contributed by atoms with Crippen LogP contribution in [0.3, 0.4) is 0 Å². The first-order chi connectivity index (χ1) is 18.1. The summed E-state index contributed by atoms with van der Waals surface area (Å²) in [6.45, 7) is 8.48. The molecule has 0 amide bonds. The smallest absolute Gasteiger partial charge is 0.278 e. The topological polar surface area (TPSA) is 89.1 Å². The number of aromatic nitrogens is 4. The van der Waals surface area contributed by atoms with E-state index < -0.39 is 0 Å². The minimum Gasteiger partial charge on any atom is -0.324 e. The van der Waals surface area contributed by atoms with Crippen molar-refractivity contribution in [1.82, 2.24) is 24.6 Å². The summed E-state index contributed by atoms with van der Waals surface area (Å²) >= 11 is 0. The molecule has 2 atom stereocenters. The van der Waals surface area contributed by atoms with E-state index in [2.05, 4.69) is 53.4 Å². The summed E-state index contributed by atoms with van der Waals surface area (Å²) in [7, 11) is 0. The predicted octanol–water partition coefficient (Wildman–Crippen LogP) is 4.75. The largest absolute Gasteiger partial charge is 0.324 e. The maximum atomic E-state index is 13.3. The van der Waals surface area contributed by atoms with E-state index in [0.717, 1.165) is 38.0 Å². The first kappa shape index (κ1) is 22.7. The summed E-state index contributed by atoms with van der Waals surface area (Å²) in [5, 5.41) is 7.47. The highest BCUT2D eigenvalue weighted by Gasteiger charge is 2.46. The van der Waals surface area contributed by atoms with Crippen LogP contribution in [0, 0.1) is 5.92 Å². The quantitative estimate of drug-likeness (QED) is 0.499. The zero-order chi connectivity index (χ0) is 25.1. The number of dihydropyridines is 1. The Hall–Kier alpha value is -3.52. The molecule has 4 aliphatic rings. The summed E-state index contributed by atoms with van der Waals surface area (Å²) in [5.41, 5.74) is 7.17. The van der Waals surface area contributed by atoms with Gasteiger partial charge in [-0.25, -0.2) is 14.3 Å². The van der Waals surface area contributed by atoms with E-state index in [9.17, 15) is 4.79 Å². The highest BCUT2D eigenvalue weighted by atomic mass is 16.1. The number of nitrogens with one attached hydrogen (secondary N) is 2. The molecular weight excluding hydrogens is 462 g/mol. The molecule has 1 spiro atoms. The van der Waals surface area contributed by atoms with Crippen LogP contribution >= 0.6 is 0 Å². The molecule has 8 nitrogen and oxygen atoms in total. The van der Waals surface area contributed by atoms with Gasteiger partial charge in [-0.05, 0) is 66.9 Å². The van der Waals surface area contributed by atoms with Gasteiger partial charge in [0.05, 0.1) is 6.54 Å². The van der Waals surface area contributed by atoms with E-state index in [-0.39, 0.29) is 11.7 Å². The maximum absolute atomic E-state index is 13.3. The van der Waals surface area contributed by atoms with Crippen molar-refractivity contribution in [3.63, 3.8) is 0 Å². The zero-order valence-corrected chi connectivity index (χ0v) is 21.3. The average molecular weight is 496 g/mol. The van der Waals surface area contributed by atoms with Crippen molar-refractivity contribution in [1.29, 1.82) is 0 Å². The van der Waals surface area contributed by atoms with Crippen LogP contribution in [0.25, 0.3) is 11.0 Å². The Labute approximate surface area is 216 Å². The van der Waals surface area contributed by atoms with Crippen LogP contribution in [0.5, 0.6) is 0 Å². The Kier molecular flexibility index (Phi) is 5.22.